The van der Waals surface area contributed by atoms with Crippen molar-refractivity contribution in [3.8, 4) is 11.6 Å². The molecule has 2 rings (SSSR count). The van der Waals surface area contributed by atoms with Crippen LogP contribution in [-0.4, -0.2) is 18.7 Å². The summed E-state index contributed by atoms with van der Waals surface area (Å²) >= 11 is 0. The van der Waals surface area contributed by atoms with Crippen LogP contribution in [0.15, 0.2) is 42.6 Å². The fourth-order valence-electron chi connectivity index (χ4n) is 1.70. The normalized spacial score (nSPS) is 10.0. The van der Waals surface area contributed by atoms with Crippen LogP contribution in [0, 0.1) is 0 Å². The van der Waals surface area contributed by atoms with Crippen molar-refractivity contribution in [1.29, 1.82) is 0 Å². The second-order valence-corrected chi connectivity index (χ2v) is 4.02. The van der Waals surface area contributed by atoms with Gasteiger partial charge in [-0.2, -0.15) is 0 Å². The Morgan fingerprint density at radius 2 is 2.11 bits per heavy atom. The molecule has 1 aromatic carbocycles. The molecule has 1 heterocycles. The first-order valence-corrected chi connectivity index (χ1v) is 6.27. The van der Waals surface area contributed by atoms with Gasteiger partial charge in [0.15, 0.2) is 0 Å². The van der Waals surface area contributed by atoms with Crippen molar-refractivity contribution in [3.63, 3.8) is 0 Å². The molecule has 0 fully saturated rings. The third-order valence-corrected chi connectivity index (χ3v) is 2.65. The Morgan fingerprint density at radius 3 is 2.79 bits per heavy atom. The minimum atomic E-state index is 0.627. The summed E-state index contributed by atoms with van der Waals surface area (Å²) in [6, 6.07) is 11.8. The molecule has 0 saturated heterocycles. The van der Waals surface area contributed by atoms with Gasteiger partial charge >= 0.3 is 0 Å². The molecule has 0 unspecified atom stereocenters. The van der Waals surface area contributed by atoms with Gasteiger partial charge in [0.2, 0.25) is 5.88 Å². The lowest BCUT2D eigenvalue weighted by Crippen LogP contribution is -2.00. The molecule has 4 nitrogen and oxygen atoms in total. The minimum Gasteiger partial charge on any atom is -0.494 e. The van der Waals surface area contributed by atoms with Gasteiger partial charge in [-0.15, -0.1) is 0 Å². The topological polar surface area (TPSA) is 43.4 Å². The number of nitrogens with zero attached hydrogens (tertiary/aromatic N) is 1. The van der Waals surface area contributed by atoms with E-state index in [2.05, 4.69) is 10.3 Å². The summed E-state index contributed by atoms with van der Waals surface area (Å²) < 4.78 is 10.5. The predicted octanol–water partition coefficient (Wildman–Crippen LogP) is 3.10. The highest BCUT2D eigenvalue weighted by molar-refractivity contribution is 5.48. The monoisotopic (exact) mass is 258 g/mol. The fourth-order valence-corrected chi connectivity index (χ4v) is 1.70. The third-order valence-electron chi connectivity index (χ3n) is 2.65. The molecule has 0 spiro atoms. The summed E-state index contributed by atoms with van der Waals surface area (Å²) in [6.45, 7) is 3.36. The molecular weight excluding hydrogens is 240 g/mol. The zero-order valence-corrected chi connectivity index (χ0v) is 11.2. The zero-order valence-electron chi connectivity index (χ0n) is 11.2. The van der Waals surface area contributed by atoms with Crippen LogP contribution in [0.4, 0.5) is 5.69 Å². The van der Waals surface area contributed by atoms with Crippen LogP contribution in [0.2, 0.25) is 0 Å². The van der Waals surface area contributed by atoms with E-state index in [1.165, 1.54) is 0 Å². The number of hydrogen-bond donors (Lipinski definition) is 1. The van der Waals surface area contributed by atoms with Crippen LogP contribution in [-0.2, 0) is 6.54 Å². The first-order valence-electron chi connectivity index (χ1n) is 6.27. The molecule has 0 saturated carbocycles. The van der Waals surface area contributed by atoms with Crippen molar-refractivity contribution in [2.24, 2.45) is 0 Å². The molecule has 0 aliphatic rings. The summed E-state index contributed by atoms with van der Waals surface area (Å²) in [4.78, 5) is 4.17. The Hall–Kier alpha value is -2.23. The van der Waals surface area contributed by atoms with Gasteiger partial charge in [-0.1, -0.05) is 12.1 Å². The molecule has 4 heteroatoms. The third kappa shape index (κ3) is 3.88. The van der Waals surface area contributed by atoms with Crippen molar-refractivity contribution >= 4 is 5.69 Å². The number of methoxy groups -OCH3 is 1. The van der Waals surface area contributed by atoms with E-state index < -0.39 is 0 Å². The SMILES string of the molecule is CCOc1cccc(NCc2ccc(OC)nc2)c1. The Bertz CT molecular complexity index is 512. The van der Waals surface area contributed by atoms with Crippen LogP contribution in [0.25, 0.3) is 0 Å². The van der Waals surface area contributed by atoms with Crippen LogP contribution in [0.3, 0.4) is 0 Å². The average molecular weight is 258 g/mol. The molecule has 0 bridgehead atoms. The average Bonchev–Trinajstić information content (AvgIpc) is 2.46. The molecule has 1 aromatic heterocycles. The van der Waals surface area contributed by atoms with Crippen LogP contribution >= 0.6 is 0 Å². The first kappa shape index (κ1) is 13.2. The molecule has 1 N–H and O–H groups in total. The second kappa shape index (κ2) is 6.64. The van der Waals surface area contributed by atoms with E-state index in [-0.39, 0.29) is 0 Å². The first-order chi connectivity index (χ1) is 9.31. The summed E-state index contributed by atoms with van der Waals surface area (Å²) in [7, 11) is 1.61. The summed E-state index contributed by atoms with van der Waals surface area (Å²) in [6.07, 6.45) is 1.80. The van der Waals surface area contributed by atoms with Crippen molar-refractivity contribution in [3.05, 3.63) is 48.2 Å². The van der Waals surface area contributed by atoms with Crippen LogP contribution in [0.5, 0.6) is 11.6 Å². The van der Waals surface area contributed by atoms with Gasteiger partial charge in [0.1, 0.15) is 5.75 Å². The lowest BCUT2D eigenvalue weighted by Gasteiger charge is -2.09. The maximum Gasteiger partial charge on any atom is 0.212 e. The number of aromatic nitrogens is 1. The number of hydrogen-bond acceptors (Lipinski definition) is 4. The molecule has 0 amide bonds. The van der Waals surface area contributed by atoms with Crippen molar-refractivity contribution in [1.82, 2.24) is 4.98 Å². The molecule has 2 aromatic rings. The van der Waals surface area contributed by atoms with E-state index in [0.29, 0.717) is 19.0 Å². The Labute approximate surface area is 113 Å². The number of benzene rings is 1. The number of anilines is 1. The van der Waals surface area contributed by atoms with E-state index in [1.54, 1.807) is 13.3 Å². The van der Waals surface area contributed by atoms with Gasteiger partial charge in [0.25, 0.3) is 0 Å². The second-order valence-electron chi connectivity index (χ2n) is 4.02. The van der Waals surface area contributed by atoms with Crippen molar-refractivity contribution in [2.75, 3.05) is 19.0 Å². The van der Waals surface area contributed by atoms with Gasteiger partial charge in [-0.05, 0) is 24.6 Å². The zero-order chi connectivity index (χ0) is 13.5. The predicted molar refractivity (Wildman–Crippen MR) is 75.7 cm³/mol. The lowest BCUT2D eigenvalue weighted by molar-refractivity contribution is 0.340. The van der Waals surface area contributed by atoms with E-state index in [9.17, 15) is 0 Å². The highest BCUT2D eigenvalue weighted by atomic mass is 16.5. The molecular formula is C15H18N2O2. The van der Waals surface area contributed by atoms with Gasteiger partial charge in [0, 0.05) is 30.6 Å². The van der Waals surface area contributed by atoms with E-state index >= 15 is 0 Å². The maximum atomic E-state index is 5.46. The molecule has 0 aliphatic carbocycles. The van der Waals surface area contributed by atoms with E-state index in [1.807, 2.05) is 43.3 Å². The van der Waals surface area contributed by atoms with Gasteiger partial charge in [-0.25, -0.2) is 4.98 Å². The fraction of sp³-hybridized carbons (Fsp3) is 0.267. The summed E-state index contributed by atoms with van der Waals surface area (Å²) in [5.41, 5.74) is 2.13. The summed E-state index contributed by atoms with van der Waals surface area (Å²) in [5.74, 6) is 1.50. The summed E-state index contributed by atoms with van der Waals surface area (Å²) in [5, 5.41) is 3.34. The van der Waals surface area contributed by atoms with Crippen molar-refractivity contribution in [2.45, 2.75) is 13.5 Å². The standard InChI is InChI=1S/C15H18N2O2/c1-3-19-14-6-4-5-13(9-14)16-10-12-7-8-15(18-2)17-11-12/h4-9,11,16H,3,10H2,1-2H3. The minimum absolute atomic E-state index is 0.627. The van der Waals surface area contributed by atoms with Gasteiger partial charge < -0.3 is 14.8 Å². The number of rotatable bonds is 6. The maximum absolute atomic E-state index is 5.46. The Balaban J connectivity index is 1.95. The van der Waals surface area contributed by atoms with Crippen LogP contribution in [0.1, 0.15) is 12.5 Å². The van der Waals surface area contributed by atoms with Crippen LogP contribution < -0.4 is 14.8 Å². The van der Waals surface area contributed by atoms with Gasteiger partial charge in [0.05, 0.1) is 13.7 Å². The highest BCUT2D eigenvalue weighted by Gasteiger charge is 1.98. The largest absolute Gasteiger partial charge is 0.494 e. The molecule has 0 atom stereocenters. The van der Waals surface area contributed by atoms with E-state index in [0.717, 1.165) is 17.0 Å². The number of ether oxygens (including phenoxy) is 2. The van der Waals surface area contributed by atoms with E-state index in [4.69, 9.17) is 9.47 Å². The molecule has 19 heavy (non-hydrogen) atoms. The lowest BCUT2D eigenvalue weighted by atomic mass is 10.2. The number of pyridine rings is 1. The Kier molecular flexibility index (Phi) is 4.61. The smallest absolute Gasteiger partial charge is 0.212 e. The molecule has 100 valence electrons. The molecule has 0 radical (unpaired) electrons. The quantitative estimate of drug-likeness (QED) is 0.864. The van der Waals surface area contributed by atoms with Crippen molar-refractivity contribution < 1.29 is 9.47 Å². The molecule has 0 aliphatic heterocycles. The van der Waals surface area contributed by atoms with Gasteiger partial charge in [-0.3, -0.25) is 0 Å². The highest BCUT2D eigenvalue weighted by Crippen LogP contribution is 2.18. The number of nitrogens with one attached hydrogen (secondary N) is 1. The Morgan fingerprint density at radius 1 is 1.21 bits per heavy atom.